The molecule has 0 amide bonds. The number of ether oxygens (including phenoxy) is 1. The van der Waals surface area contributed by atoms with E-state index < -0.39 is 0 Å². The topological polar surface area (TPSA) is 58.2 Å². The second-order valence-corrected chi connectivity index (χ2v) is 6.79. The highest BCUT2D eigenvalue weighted by atomic mass is 35.5. The highest BCUT2D eigenvalue weighted by Crippen LogP contribution is 2.39. The number of fused-ring (bicyclic) bond motifs is 1. The number of aromatic nitrogens is 2. The maximum atomic E-state index is 12.9. The summed E-state index contributed by atoms with van der Waals surface area (Å²) in [5, 5.41) is 6.50. The number of nitrogens with zero attached hydrogens (tertiary/aromatic N) is 2. The molecule has 4 rings (SSSR count). The van der Waals surface area contributed by atoms with E-state index in [0.717, 1.165) is 31.7 Å². The normalized spacial score (nSPS) is 25.4. The molecule has 0 radical (unpaired) electrons. The Bertz CT molecular complexity index is 694. The maximum Gasteiger partial charge on any atom is 0.179 e. The molecule has 134 valence electrons. The van der Waals surface area contributed by atoms with Gasteiger partial charge in [-0.3, -0.25) is 14.8 Å². The van der Waals surface area contributed by atoms with Crippen molar-refractivity contribution in [2.45, 2.75) is 18.9 Å². The van der Waals surface area contributed by atoms with E-state index in [0.29, 0.717) is 23.9 Å². The molecule has 2 heterocycles. The predicted molar refractivity (Wildman–Crippen MR) is 93.6 cm³/mol. The predicted octanol–water partition coefficient (Wildman–Crippen LogP) is 2.94. The van der Waals surface area contributed by atoms with E-state index in [1.807, 2.05) is 0 Å². The van der Waals surface area contributed by atoms with Crippen LogP contribution in [0.5, 0.6) is 5.75 Å². The van der Waals surface area contributed by atoms with Crippen molar-refractivity contribution in [1.82, 2.24) is 15.1 Å². The minimum Gasteiger partial charge on any atom is -0.490 e. The molecular formula is C18H21ClFN3O2. The number of likely N-dealkylation sites (tertiary alicyclic amines) is 1. The highest BCUT2D eigenvalue weighted by Gasteiger charge is 2.42. The van der Waals surface area contributed by atoms with Crippen LogP contribution >= 0.6 is 12.4 Å². The molecule has 7 heteroatoms. The maximum absolute atomic E-state index is 12.9. The van der Waals surface area contributed by atoms with Crippen LogP contribution in [0.2, 0.25) is 0 Å². The van der Waals surface area contributed by atoms with Crippen LogP contribution in [0.25, 0.3) is 0 Å². The Hall–Kier alpha value is -1.92. The second-order valence-electron chi connectivity index (χ2n) is 6.79. The van der Waals surface area contributed by atoms with Crippen molar-refractivity contribution >= 4 is 18.2 Å². The minimum absolute atomic E-state index is 0. The molecule has 25 heavy (non-hydrogen) atoms. The third-order valence-electron chi connectivity index (χ3n) is 5.09. The third kappa shape index (κ3) is 4.02. The number of aromatic amines is 1. The zero-order valence-corrected chi connectivity index (χ0v) is 14.5. The Balaban J connectivity index is 0.00000182. The fraction of sp³-hybridized carbons (Fsp3) is 0.444. The summed E-state index contributed by atoms with van der Waals surface area (Å²) in [6, 6.07) is 6.21. The number of H-pyrrole nitrogens is 1. The van der Waals surface area contributed by atoms with Crippen LogP contribution in [0.15, 0.2) is 36.7 Å². The van der Waals surface area contributed by atoms with Gasteiger partial charge in [0.05, 0.1) is 24.4 Å². The Kier molecular flexibility index (Phi) is 5.39. The summed E-state index contributed by atoms with van der Waals surface area (Å²) in [6.45, 7) is 2.34. The third-order valence-corrected chi connectivity index (χ3v) is 5.09. The minimum atomic E-state index is -0.247. The molecule has 1 unspecified atom stereocenters. The summed E-state index contributed by atoms with van der Waals surface area (Å²) < 4.78 is 18.9. The smallest absolute Gasteiger partial charge is 0.179 e. The summed E-state index contributed by atoms with van der Waals surface area (Å²) in [7, 11) is 0. The molecule has 1 saturated carbocycles. The lowest BCUT2D eigenvalue weighted by atomic mass is 10.0. The van der Waals surface area contributed by atoms with Crippen LogP contribution < -0.4 is 4.74 Å². The van der Waals surface area contributed by atoms with Gasteiger partial charge in [0, 0.05) is 19.3 Å². The summed E-state index contributed by atoms with van der Waals surface area (Å²) in [6.07, 6.45) is 5.41. The molecule has 1 aromatic carbocycles. The molecule has 1 saturated heterocycles. The molecule has 2 aliphatic rings. The number of ketones is 1. The number of carbonyl (C=O) groups is 1. The van der Waals surface area contributed by atoms with Crippen LogP contribution in [0.1, 0.15) is 23.2 Å². The number of hydrogen-bond donors (Lipinski definition) is 1. The lowest BCUT2D eigenvalue weighted by molar-refractivity contribution is 0.0936. The van der Waals surface area contributed by atoms with Gasteiger partial charge in [0.2, 0.25) is 0 Å². The molecule has 0 spiro atoms. The first-order valence-electron chi connectivity index (χ1n) is 8.34. The van der Waals surface area contributed by atoms with Gasteiger partial charge in [0.15, 0.2) is 5.78 Å². The summed E-state index contributed by atoms with van der Waals surface area (Å²) in [5.41, 5.74) is 0.643. The van der Waals surface area contributed by atoms with Gasteiger partial charge in [0.1, 0.15) is 11.6 Å². The largest absolute Gasteiger partial charge is 0.490 e. The number of halogens is 2. The SMILES string of the molecule is Cl.O=C(CN1C[C@H]2CC(Oc3ccc(F)cc3)C[C@H]2C1)c1cn[nH]c1. The molecule has 2 fully saturated rings. The van der Waals surface area contributed by atoms with Gasteiger partial charge >= 0.3 is 0 Å². The molecule has 5 nitrogen and oxygen atoms in total. The van der Waals surface area contributed by atoms with Crippen molar-refractivity contribution in [3.05, 3.63) is 48.0 Å². The van der Waals surface area contributed by atoms with Crippen LogP contribution in [0.4, 0.5) is 4.39 Å². The number of nitrogens with one attached hydrogen (secondary N) is 1. The Morgan fingerprint density at radius 3 is 2.52 bits per heavy atom. The molecule has 2 aromatic rings. The Labute approximate surface area is 152 Å². The number of carbonyl (C=O) groups excluding carboxylic acids is 1. The fourth-order valence-electron chi connectivity index (χ4n) is 3.97. The van der Waals surface area contributed by atoms with Gasteiger partial charge in [0.25, 0.3) is 0 Å². The Morgan fingerprint density at radius 2 is 1.92 bits per heavy atom. The van der Waals surface area contributed by atoms with E-state index >= 15 is 0 Å². The number of Topliss-reactive ketones (excluding diaryl/α,β-unsaturated/α-hetero) is 1. The quantitative estimate of drug-likeness (QED) is 0.828. The van der Waals surface area contributed by atoms with Crippen LogP contribution in [-0.2, 0) is 0 Å². The number of hydrogen-bond acceptors (Lipinski definition) is 4. The van der Waals surface area contributed by atoms with Gasteiger partial charge < -0.3 is 4.74 Å². The number of benzene rings is 1. The van der Waals surface area contributed by atoms with E-state index in [1.54, 1.807) is 24.5 Å². The molecular weight excluding hydrogens is 345 g/mol. The number of rotatable bonds is 5. The molecule has 1 aromatic heterocycles. The van der Waals surface area contributed by atoms with Crippen molar-refractivity contribution in [1.29, 1.82) is 0 Å². The summed E-state index contributed by atoms with van der Waals surface area (Å²) >= 11 is 0. The van der Waals surface area contributed by atoms with Crippen LogP contribution in [-0.4, -0.2) is 46.6 Å². The van der Waals surface area contributed by atoms with Crippen molar-refractivity contribution in [3.63, 3.8) is 0 Å². The molecule has 0 bridgehead atoms. The van der Waals surface area contributed by atoms with Crippen molar-refractivity contribution in [2.75, 3.05) is 19.6 Å². The standard InChI is InChI=1S/C18H20FN3O2.ClH/c19-15-1-3-16(4-2-15)24-17-5-12-9-22(10-13(12)6-17)11-18(23)14-7-20-21-8-14;/h1-4,7-8,12-13,17H,5-6,9-11H2,(H,20,21);1H/t12-,13+,17?;. The zero-order chi connectivity index (χ0) is 16.5. The van der Waals surface area contributed by atoms with Gasteiger partial charge in [-0.1, -0.05) is 0 Å². The zero-order valence-electron chi connectivity index (χ0n) is 13.7. The molecule has 1 aliphatic carbocycles. The van der Waals surface area contributed by atoms with Crippen molar-refractivity contribution in [2.24, 2.45) is 11.8 Å². The first-order valence-corrected chi connectivity index (χ1v) is 8.34. The lowest BCUT2D eigenvalue weighted by Crippen LogP contribution is -2.29. The van der Waals surface area contributed by atoms with Gasteiger partial charge in [-0.05, 0) is 48.9 Å². The second kappa shape index (κ2) is 7.54. The molecule has 3 atom stereocenters. The van der Waals surface area contributed by atoms with Crippen LogP contribution in [0, 0.1) is 17.7 Å². The van der Waals surface area contributed by atoms with E-state index in [9.17, 15) is 9.18 Å². The van der Waals surface area contributed by atoms with E-state index in [4.69, 9.17) is 4.74 Å². The first-order chi connectivity index (χ1) is 11.7. The van der Waals surface area contributed by atoms with E-state index in [2.05, 4.69) is 15.1 Å². The van der Waals surface area contributed by atoms with Crippen molar-refractivity contribution in [3.8, 4) is 5.75 Å². The average Bonchev–Trinajstić information content (AvgIpc) is 3.25. The van der Waals surface area contributed by atoms with Gasteiger partial charge in [-0.15, -0.1) is 12.4 Å². The van der Waals surface area contributed by atoms with E-state index in [-0.39, 0.29) is 30.1 Å². The monoisotopic (exact) mass is 365 g/mol. The first kappa shape index (κ1) is 17.9. The Morgan fingerprint density at radius 1 is 1.24 bits per heavy atom. The van der Waals surface area contributed by atoms with Crippen LogP contribution in [0.3, 0.4) is 0 Å². The fourth-order valence-corrected chi connectivity index (χ4v) is 3.97. The highest BCUT2D eigenvalue weighted by molar-refractivity contribution is 5.97. The summed E-state index contributed by atoms with van der Waals surface area (Å²) in [4.78, 5) is 14.4. The lowest BCUT2D eigenvalue weighted by Gasteiger charge is -2.19. The average molecular weight is 366 g/mol. The van der Waals surface area contributed by atoms with Gasteiger partial charge in [-0.2, -0.15) is 5.10 Å². The van der Waals surface area contributed by atoms with Crippen molar-refractivity contribution < 1.29 is 13.9 Å². The molecule has 1 N–H and O–H groups in total. The summed E-state index contributed by atoms with van der Waals surface area (Å²) in [5.74, 6) is 1.75. The van der Waals surface area contributed by atoms with Gasteiger partial charge in [-0.25, -0.2) is 4.39 Å². The van der Waals surface area contributed by atoms with E-state index in [1.165, 1.54) is 12.1 Å². The molecule has 1 aliphatic heterocycles.